The second kappa shape index (κ2) is 7.61. The Morgan fingerprint density at radius 3 is 2.52 bits per heavy atom. The Balaban J connectivity index is 1.49. The van der Waals surface area contributed by atoms with Crippen molar-refractivity contribution >= 4 is 23.1 Å². The molecular weight excluding hydrogens is 324 g/mol. The Labute approximate surface area is 144 Å². The molecule has 130 valence electrons. The number of hydrogen-bond donors (Lipinski definition) is 1. The summed E-state index contributed by atoms with van der Waals surface area (Å²) in [5.41, 5.74) is 0.571. The Kier molecular flexibility index (Phi) is 5.08. The first-order valence-electron chi connectivity index (χ1n) is 8.00. The highest BCUT2D eigenvalue weighted by molar-refractivity contribution is 5.91. The van der Waals surface area contributed by atoms with Crippen LogP contribution in [0.25, 0.3) is 0 Å². The number of benzene rings is 1. The van der Waals surface area contributed by atoms with Crippen LogP contribution in [0.15, 0.2) is 42.6 Å². The Morgan fingerprint density at radius 2 is 1.92 bits per heavy atom. The molecule has 3 rings (SSSR count). The van der Waals surface area contributed by atoms with Gasteiger partial charge < -0.3 is 15.0 Å². The largest absolute Gasteiger partial charge is 0.484 e. The summed E-state index contributed by atoms with van der Waals surface area (Å²) in [6.07, 6.45) is 3.98. The van der Waals surface area contributed by atoms with Crippen LogP contribution in [0, 0.1) is 10.1 Å². The van der Waals surface area contributed by atoms with Gasteiger partial charge in [0.15, 0.2) is 6.61 Å². The number of aromatic nitrogens is 1. The molecule has 1 fully saturated rings. The van der Waals surface area contributed by atoms with Gasteiger partial charge in [0.2, 0.25) is 0 Å². The van der Waals surface area contributed by atoms with Crippen LogP contribution in [0.1, 0.15) is 12.8 Å². The number of nitrogens with one attached hydrogen (secondary N) is 1. The van der Waals surface area contributed by atoms with Gasteiger partial charge in [-0.3, -0.25) is 14.9 Å². The predicted molar refractivity (Wildman–Crippen MR) is 92.9 cm³/mol. The SMILES string of the molecule is O=C(COc1ccc([N+](=O)[O-])cc1)Nc1ccc(N2CCCC2)nc1. The van der Waals surface area contributed by atoms with E-state index < -0.39 is 4.92 Å². The molecule has 1 aliphatic rings. The number of hydrogen-bond acceptors (Lipinski definition) is 6. The molecule has 1 amide bonds. The molecular formula is C17H18N4O4. The smallest absolute Gasteiger partial charge is 0.269 e. The molecule has 1 aliphatic heterocycles. The highest BCUT2D eigenvalue weighted by Gasteiger charge is 2.13. The first-order valence-corrected chi connectivity index (χ1v) is 8.00. The average Bonchev–Trinajstić information content (AvgIpc) is 3.15. The number of carbonyl (C=O) groups is 1. The molecule has 8 nitrogen and oxygen atoms in total. The number of non-ortho nitro benzene ring substituents is 1. The van der Waals surface area contributed by atoms with Crippen molar-refractivity contribution in [1.29, 1.82) is 0 Å². The minimum absolute atomic E-state index is 0.0269. The summed E-state index contributed by atoms with van der Waals surface area (Å²) in [7, 11) is 0. The van der Waals surface area contributed by atoms with Crippen molar-refractivity contribution in [2.75, 3.05) is 29.9 Å². The molecule has 0 bridgehead atoms. The number of nitrogens with zero attached hydrogens (tertiary/aromatic N) is 3. The fourth-order valence-corrected chi connectivity index (χ4v) is 2.60. The van der Waals surface area contributed by atoms with Gasteiger partial charge in [-0.2, -0.15) is 0 Å². The van der Waals surface area contributed by atoms with E-state index in [1.165, 1.54) is 37.1 Å². The van der Waals surface area contributed by atoms with E-state index >= 15 is 0 Å². The maximum atomic E-state index is 11.9. The summed E-state index contributed by atoms with van der Waals surface area (Å²) in [5.74, 6) is 0.981. The Hall–Kier alpha value is -3.16. The van der Waals surface area contributed by atoms with Crippen molar-refractivity contribution in [1.82, 2.24) is 4.98 Å². The van der Waals surface area contributed by atoms with Crippen LogP contribution < -0.4 is 15.0 Å². The predicted octanol–water partition coefficient (Wildman–Crippen LogP) is 2.61. The van der Waals surface area contributed by atoms with Crippen molar-refractivity contribution in [3.05, 3.63) is 52.7 Å². The second-order valence-corrected chi connectivity index (χ2v) is 5.69. The molecule has 1 aromatic carbocycles. The van der Waals surface area contributed by atoms with Gasteiger partial charge in [0.25, 0.3) is 11.6 Å². The van der Waals surface area contributed by atoms with Crippen LogP contribution >= 0.6 is 0 Å². The molecule has 1 aromatic heterocycles. The molecule has 0 saturated carbocycles. The molecule has 25 heavy (non-hydrogen) atoms. The molecule has 2 heterocycles. The number of nitro groups is 1. The first kappa shape index (κ1) is 16.7. The van der Waals surface area contributed by atoms with E-state index in [0.29, 0.717) is 11.4 Å². The van der Waals surface area contributed by atoms with Crippen molar-refractivity contribution in [3.8, 4) is 5.75 Å². The fourth-order valence-electron chi connectivity index (χ4n) is 2.60. The van der Waals surface area contributed by atoms with Crippen molar-refractivity contribution in [3.63, 3.8) is 0 Å². The lowest BCUT2D eigenvalue weighted by atomic mass is 10.3. The summed E-state index contributed by atoms with van der Waals surface area (Å²) in [6, 6.07) is 9.26. The van der Waals surface area contributed by atoms with Gasteiger partial charge in [0.1, 0.15) is 11.6 Å². The lowest BCUT2D eigenvalue weighted by Gasteiger charge is -2.16. The summed E-state index contributed by atoms with van der Waals surface area (Å²) in [6.45, 7) is 1.84. The highest BCUT2D eigenvalue weighted by atomic mass is 16.6. The number of amides is 1. The first-order chi connectivity index (χ1) is 12.1. The van der Waals surface area contributed by atoms with Crippen LogP contribution in [0.5, 0.6) is 5.75 Å². The van der Waals surface area contributed by atoms with Gasteiger partial charge in [-0.15, -0.1) is 0 Å². The van der Waals surface area contributed by atoms with Crippen LogP contribution in [-0.4, -0.2) is 35.5 Å². The summed E-state index contributed by atoms with van der Waals surface area (Å²) in [4.78, 5) is 28.6. The zero-order chi connectivity index (χ0) is 17.6. The maximum absolute atomic E-state index is 11.9. The quantitative estimate of drug-likeness (QED) is 0.640. The van der Waals surface area contributed by atoms with Gasteiger partial charge in [0, 0.05) is 25.2 Å². The summed E-state index contributed by atoms with van der Waals surface area (Å²) in [5, 5.41) is 13.3. The van der Waals surface area contributed by atoms with Crippen LogP contribution in [-0.2, 0) is 4.79 Å². The van der Waals surface area contributed by atoms with Crippen LogP contribution in [0.2, 0.25) is 0 Å². The monoisotopic (exact) mass is 342 g/mol. The number of nitro benzene ring substituents is 1. The zero-order valence-corrected chi connectivity index (χ0v) is 13.6. The van der Waals surface area contributed by atoms with E-state index in [0.717, 1.165) is 18.9 Å². The molecule has 8 heteroatoms. The standard InChI is InChI=1S/C17H18N4O4/c22-17(12-25-15-6-4-14(5-7-15)21(23)24)19-13-3-8-16(18-11-13)20-9-1-2-10-20/h3-8,11H,1-2,9-10,12H2,(H,19,22). The Bertz CT molecular complexity index is 740. The molecule has 2 aromatic rings. The third kappa shape index (κ3) is 4.43. The van der Waals surface area contributed by atoms with Crippen molar-refractivity contribution < 1.29 is 14.5 Å². The normalized spacial score (nSPS) is 13.5. The van der Waals surface area contributed by atoms with Gasteiger partial charge in [-0.1, -0.05) is 0 Å². The lowest BCUT2D eigenvalue weighted by Crippen LogP contribution is -2.21. The number of ether oxygens (including phenoxy) is 1. The third-order valence-electron chi connectivity index (χ3n) is 3.88. The molecule has 0 aliphatic carbocycles. The van der Waals surface area contributed by atoms with E-state index in [9.17, 15) is 14.9 Å². The molecule has 0 radical (unpaired) electrons. The topological polar surface area (TPSA) is 97.6 Å². The molecule has 0 spiro atoms. The Morgan fingerprint density at radius 1 is 1.20 bits per heavy atom. The van der Waals surface area contributed by atoms with Gasteiger partial charge >= 0.3 is 0 Å². The van der Waals surface area contributed by atoms with E-state index in [4.69, 9.17) is 4.74 Å². The molecule has 1 saturated heterocycles. The number of carbonyl (C=O) groups excluding carboxylic acids is 1. The lowest BCUT2D eigenvalue weighted by molar-refractivity contribution is -0.384. The minimum atomic E-state index is -0.491. The number of pyridine rings is 1. The minimum Gasteiger partial charge on any atom is -0.484 e. The molecule has 1 N–H and O–H groups in total. The molecule has 0 atom stereocenters. The second-order valence-electron chi connectivity index (χ2n) is 5.69. The summed E-state index contributed by atoms with van der Waals surface area (Å²) >= 11 is 0. The van der Waals surface area contributed by atoms with E-state index in [-0.39, 0.29) is 18.2 Å². The summed E-state index contributed by atoms with van der Waals surface area (Å²) < 4.78 is 5.32. The van der Waals surface area contributed by atoms with Gasteiger partial charge in [0.05, 0.1) is 16.8 Å². The maximum Gasteiger partial charge on any atom is 0.269 e. The zero-order valence-electron chi connectivity index (χ0n) is 13.6. The molecule has 0 unspecified atom stereocenters. The van der Waals surface area contributed by atoms with E-state index in [1.807, 2.05) is 12.1 Å². The van der Waals surface area contributed by atoms with Gasteiger partial charge in [-0.05, 0) is 37.1 Å². The average molecular weight is 342 g/mol. The van der Waals surface area contributed by atoms with E-state index in [1.54, 1.807) is 6.20 Å². The van der Waals surface area contributed by atoms with E-state index in [2.05, 4.69) is 15.2 Å². The number of anilines is 2. The van der Waals surface area contributed by atoms with Crippen molar-refractivity contribution in [2.24, 2.45) is 0 Å². The van der Waals surface area contributed by atoms with Crippen LogP contribution in [0.3, 0.4) is 0 Å². The third-order valence-corrected chi connectivity index (χ3v) is 3.88. The van der Waals surface area contributed by atoms with Crippen LogP contribution in [0.4, 0.5) is 17.2 Å². The van der Waals surface area contributed by atoms with Gasteiger partial charge in [-0.25, -0.2) is 4.98 Å². The highest BCUT2D eigenvalue weighted by Crippen LogP contribution is 2.19. The number of rotatable bonds is 6. The fraction of sp³-hybridized carbons (Fsp3) is 0.294. The van der Waals surface area contributed by atoms with Crippen molar-refractivity contribution in [2.45, 2.75) is 12.8 Å².